The van der Waals surface area contributed by atoms with Gasteiger partial charge in [0.25, 0.3) is 0 Å². The van der Waals surface area contributed by atoms with Crippen LogP contribution in [0.25, 0.3) is 0 Å². The molecule has 72 valence electrons. The number of hydrogen-bond donors (Lipinski definition) is 1. The van der Waals surface area contributed by atoms with E-state index in [1.165, 1.54) is 0 Å². The lowest BCUT2D eigenvalue weighted by atomic mass is 9.92. The molecule has 0 aliphatic heterocycles. The Bertz CT molecular complexity index is 281. The van der Waals surface area contributed by atoms with Crippen LogP contribution in [-0.4, -0.2) is 15.0 Å². The number of aromatic nitrogens is 3. The first-order valence-corrected chi connectivity index (χ1v) is 4.34. The molecule has 0 aliphatic rings. The van der Waals surface area contributed by atoms with Crippen LogP contribution in [0, 0.1) is 12.3 Å². The molecule has 0 spiro atoms. The second-order valence-corrected chi connectivity index (χ2v) is 4.39. The van der Waals surface area contributed by atoms with Gasteiger partial charge >= 0.3 is 0 Å². The monoisotopic (exact) mass is 180 g/mol. The van der Waals surface area contributed by atoms with Crippen LogP contribution in [0.2, 0.25) is 0 Å². The van der Waals surface area contributed by atoms with E-state index in [9.17, 15) is 0 Å². The lowest BCUT2D eigenvalue weighted by molar-refractivity contribution is 0.400. The maximum absolute atomic E-state index is 5.52. The fourth-order valence-electron chi connectivity index (χ4n) is 1.11. The Morgan fingerprint density at radius 2 is 1.77 bits per heavy atom. The highest BCUT2D eigenvalue weighted by molar-refractivity contribution is 5.15. The molecule has 4 nitrogen and oxygen atoms in total. The summed E-state index contributed by atoms with van der Waals surface area (Å²) >= 11 is 0. The highest BCUT2D eigenvalue weighted by Crippen LogP contribution is 2.18. The minimum absolute atomic E-state index is 0.181. The van der Waals surface area contributed by atoms with Crippen molar-refractivity contribution in [3.63, 3.8) is 0 Å². The van der Waals surface area contributed by atoms with Gasteiger partial charge in [-0.2, -0.15) is 9.97 Å². The molecular formula is C9H16N4. The molecule has 0 bridgehead atoms. The minimum Gasteiger partial charge on any atom is -0.368 e. The molecule has 0 saturated carbocycles. The lowest BCUT2D eigenvalue weighted by Gasteiger charge is -2.16. The number of nitrogens with two attached hydrogens (primary N) is 1. The van der Waals surface area contributed by atoms with E-state index in [-0.39, 0.29) is 5.41 Å². The summed E-state index contributed by atoms with van der Waals surface area (Å²) in [6.07, 6.45) is 0.820. The Morgan fingerprint density at radius 3 is 2.23 bits per heavy atom. The average molecular weight is 180 g/mol. The van der Waals surface area contributed by atoms with Crippen LogP contribution in [0.5, 0.6) is 0 Å². The Hall–Kier alpha value is -1.19. The fraction of sp³-hybridized carbons (Fsp3) is 0.667. The molecule has 1 heterocycles. The number of aryl methyl sites for hydroxylation is 1. The Morgan fingerprint density at radius 1 is 1.15 bits per heavy atom. The van der Waals surface area contributed by atoms with E-state index in [0.717, 1.165) is 12.2 Å². The van der Waals surface area contributed by atoms with E-state index in [2.05, 4.69) is 35.7 Å². The predicted molar refractivity (Wildman–Crippen MR) is 52.1 cm³/mol. The molecule has 0 radical (unpaired) electrons. The number of hydrogen-bond acceptors (Lipinski definition) is 4. The summed E-state index contributed by atoms with van der Waals surface area (Å²) in [5.74, 6) is 1.77. The molecule has 0 amide bonds. The summed E-state index contributed by atoms with van der Waals surface area (Å²) < 4.78 is 0. The van der Waals surface area contributed by atoms with Gasteiger partial charge in [-0.05, 0) is 12.3 Å². The van der Waals surface area contributed by atoms with Crippen LogP contribution < -0.4 is 5.73 Å². The van der Waals surface area contributed by atoms with Crippen LogP contribution in [0.1, 0.15) is 32.4 Å². The second-order valence-electron chi connectivity index (χ2n) is 4.39. The lowest BCUT2D eigenvalue weighted by Crippen LogP contribution is -2.14. The summed E-state index contributed by atoms with van der Waals surface area (Å²) in [7, 11) is 0. The van der Waals surface area contributed by atoms with Gasteiger partial charge in [0, 0.05) is 6.42 Å². The maximum atomic E-state index is 5.52. The van der Waals surface area contributed by atoms with E-state index < -0.39 is 0 Å². The number of anilines is 1. The van der Waals surface area contributed by atoms with Gasteiger partial charge in [-0.1, -0.05) is 20.8 Å². The average Bonchev–Trinajstić information content (AvgIpc) is 1.78. The van der Waals surface area contributed by atoms with Gasteiger partial charge in [0.15, 0.2) is 0 Å². The van der Waals surface area contributed by atoms with Crippen LogP contribution in [0.4, 0.5) is 5.95 Å². The van der Waals surface area contributed by atoms with Crippen molar-refractivity contribution in [3.8, 4) is 0 Å². The van der Waals surface area contributed by atoms with E-state index in [0.29, 0.717) is 11.8 Å². The van der Waals surface area contributed by atoms with Crippen molar-refractivity contribution < 1.29 is 0 Å². The standard InChI is InChI=1S/C9H16N4/c1-6-11-7(5-9(2,3)4)13-8(10)12-6/h5H2,1-4H3,(H2,10,11,12,13). The summed E-state index contributed by atoms with van der Waals surface area (Å²) in [5, 5.41) is 0. The summed E-state index contributed by atoms with van der Waals surface area (Å²) in [6, 6.07) is 0. The Balaban J connectivity index is 2.90. The SMILES string of the molecule is Cc1nc(N)nc(CC(C)(C)C)n1. The Kier molecular flexibility index (Phi) is 2.50. The van der Waals surface area contributed by atoms with Crippen molar-refractivity contribution in [3.05, 3.63) is 11.6 Å². The zero-order valence-corrected chi connectivity index (χ0v) is 8.63. The first-order valence-electron chi connectivity index (χ1n) is 4.34. The normalized spacial score (nSPS) is 11.7. The van der Waals surface area contributed by atoms with Crippen LogP contribution in [0.15, 0.2) is 0 Å². The van der Waals surface area contributed by atoms with E-state index in [1.807, 2.05) is 6.92 Å². The number of nitrogen functional groups attached to an aromatic ring is 1. The number of nitrogens with zero attached hydrogens (tertiary/aromatic N) is 3. The molecule has 13 heavy (non-hydrogen) atoms. The van der Waals surface area contributed by atoms with Crippen LogP contribution in [-0.2, 0) is 6.42 Å². The molecule has 0 saturated heterocycles. The molecule has 2 N–H and O–H groups in total. The first kappa shape index (κ1) is 9.89. The van der Waals surface area contributed by atoms with Gasteiger partial charge in [-0.25, -0.2) is 4.98 Å². The summed E-state index contributed by atoms with van der Waals surface area (Å²) in [5.41, 5.74) is 5.70. The molecule has 1 aromatic rings. The topological polar surface area (TPSA) is 64.7 Å². The van der Waals surface area contributed by atoms with Gasteiger partial charge in [0.2, 0.25) is 5.95 Å². The molecule has 0 atom stereocenters. The van der Waals surface area contributed by atoms with Gasteiger partial charge in [-0.15, -0.1) is 0 Å². The molecule has 4 heteroatoms. The van der Waals surface area contributed by atoms with Gasteiger partial charge in [0.1, 0.15) is 11.6 Å². The van der Waals surface area contributed by atoms with Gasteiger partial charge < -0.3 is 5.73 Å². The third-order valence-corrected chi connectivity index (χ3v) is 1.50. The first-order chi connectivity index (χ1) is 5.87. The molecule has 1 rings (SSSR count). The zero-order chi connectivity index (χ0) is 10.1. The van der Waals surface area contributed by atoms with Crippen LogP contribution in [0.3, 0.4) is 0 Å². The molecule has 0 aliphatic carbocycles. The van der Waals surface area contributed by atoms with Gasteiger partial charge in [0.05, 0.1) is 0 Å². The zero-order valence-electron chi connectivity index (χ0n) is 8.63. The second kappa shape index (κ2) is 3.28. The summed E-state index contributed by atoms with van der Waals surface area (Å²) in [6.45, 7) is 8.25. The molecule has 0 unspecified atom stereocenters. The van der Waals surface area contributed by atoms with Crippen molar-refractivity contribution in [1.29, 1.82) is 0 Å². The Labute approximate surface area is 78.6 Å². The van der Waals surface area contributed by atoms with Crippen LogP contribution >= 0.6 is 0 Å². The quantitative estimate of drug-likeness (QED) is 0.708. The molecule has 0 fully saturated rings. The third-order valence-electron chi connectivity index (χ3n) is 1.50. The van der Waals surface area contributed by atoms with E-state index in [1.54, 1.807) is 0 Å². The largest absolute Gasteiger partial charge is 0.368 e. The van der Waals surface area contributed by atoms with Crippen molar-refractivity contribution in [2.24, 2.45) is 5.41 Å². The smallest absolute Gasteiger partial charge is 0.223 e. The predicted octanol–water partition coefficient (Wildman–Crippen LogP) is 1.35. The van der Waals surface area contributed by atoms with E-state index >= 15 is 0 Å². The van der Waals surface area contributed by atoms with E-state index in [4.69, 9.17) is 5.73 Å². The number of rotatable bonds is 1. The van der Waals surface area contributed by atoms with Crippen molar-refractivity contribution in [2.45, 2.75) is 34.1 Å². The molecular weight excluding hydrogens is 164 g/mol. The molecule has 1 aromatic heterocycles. The van der Waals surface area contributed by atoms with Crippen molar-refractivity contribution >= 4 is 5.95 Å². The van der Waals surface area contributed by atoms with Gasteiger partial charge in [-0.3, -0.25) is 0 Å². The maximum Gasteiger partial charge on any atom is 0.223 e. The third kappa shape index (κ3) is 3.36. The van der Waals surface area contributed by atoms with Crippen molar-refractivity contribution in [1.82, 2.24) is 15.0 Å². The van der Waals surface area contributed by atoms with Crippen molar-refractivity contribution in [2.75, 3.05) is 5.73 Å². The summed E-state index contributed by atoms with van der Waals surface area (Å²) in [4.78, 5) is 12.2. The fourth-order valence-corrected chi connectivity index (χ4v) is 1.11. The minimum atomic E-state index is 0.181. The molecule has 0 aromatic carbocycles. The highest BCUT2D eigenvalue weighted by atomic mass is 15.1. The highest BCUT2D eigenvalue weighted by Gasteiger charge is 2.14.